The van der Waals surface area contributed by atoms with Crippen molar-refractivity contribution < 1.29 is 17.6 Å². The molecule has 2 unspecified atom stereocenters. The molecule has 1 amide bonds. The lowest BCUT2D eigenvalue weighted by Crippen LogP contribution is -2.50. The first-order valence-electron chi connectivity index (χ1n) is 8.44. The summed E-state index contributed by atoms with van der Waals surface area (Å²) in [5.41, 5.74) is 0.799. The lowest BCUT2D eigenvalue weighted by atomic mass is 10.1. The van der Waals surface area contributed by atoms with Crippen LogP contribution in [0.2, 0.25) is 0 Å². The first-order chi connectivity index (χ1) is 12.3. The SMILES string of the molecule is CCC(C)NC(=O)C(Cc1ccccc1)NS(=O)(=O)c1ccccc1F. The predicted octanol–water partition coefficient (Wildman–Crippen LogP) is 2.63. The fourth-order valence-electron chi connectivity index (χ4n) is 2.40. The van der Waals surface area contributed by atoms with E-state index in [1.165, 1.54) is 18.2 Å². The third-order valence-electron chi connectivity index (χ3n) is 4.02. The van der Waals surface area contributed by atoms with Gasteiger partial charge in [-0.2, -0.15) is 4.72 Å². The summed E-state index contributed by atoms with van der Waals surface area (Å²) in [7, 11) is -4.18. The molecule has 2 rings (SSSR count). The van der Waals surface area contributed by atoms with E-state index >= 15 is 0 Å². The summed E-state index contributed by atoms with van der Waals surface area (Å²) in [6.07, 6.45) is 0.876. The van der Waals surface area contributed by atoms with E-state index in [4.69, 9.17) is 0 Å². The average Bonchev–Trinajstić information content (AvgIpc) is 2.62. The molecule has 7 heteroatoms. The molecule has 2 aromatic carbocycles. The second kappa shape index (κ2) is 8.91. The number of nitrogens with one attached hydrogen (secondary N) is 2. The Kier molecular flexibility index (Phi) is 6.88. The van der Waals surface area contributed by atoms with E-state index in [0.29, 0.717) is 6.42 Å². The van der Waals surface area contributed by atoms with E-state index in [-0.39, 0.29) is 12.5 Å². The van der Waals surface area contributed by atoms with Crippen LogP contribution in [0.1, 0.15) is 25.8 Å². The Labute approximate surface area is 153 Å². The van der Waals surface area contributed by atoms with Gasteiger partial charge in [-0.25, -0.2) is 12.8 Å². The van der Waals surface area contributed by atoms with Crippen molar-refractivity contribution in [2.45, 2.75) is 43.7 Å². The molecule has 0 aliphatic heterocycles. The van der Waals surface area contributed by atoms with Crippen LogP contribution in [-0.4, -0.2) is 26.4 Å². The normalized spacial score (nSPS) is 13.8. The van der Waals surface area contributed by atoms with Gasteiger partial charge >= 0.3 is 0 Å². The van der Waals surface area contributed by atoms with E-state index in [2.05, 4.69) is 10.0 Å². The van der Waals surface area contributed by atoms with E-state index in [0.717, 1.165) is 11.6 Å². The summed E-state index contributed by atoms with van der Waals surface area (Å²) in [5.74, 6) is -1.30. The lowest BCUT2D eigenvalue weighted by Gasteiger charge is -2.21. The maximum absolute atomic E-state index is 13.9. The highest BCUT2D eigenvalue weighted by Gasteiger charge is 2.28. The van der Waals surface area contributed by atoms with Crippen molar-refractivity contribution in [3.05, 3.63) is 66.0 Å². The zero-order valence-corrected chi connectivity index (χ0v) is 15.6. The molecule has 2 aromatic rings. The molecule has 0 saturated heterocycles. The number of amides is 1. The molecule has 5 nitrogen and oxygen atoms in total. The highest BCUT2D eigenvalue weighted by Crippen LogP contribution is 2.15. The van der Waals surface area contributed by atoms with Crippen LogP contribution in [-0.2, 0) is 21.2 Å². The number of hydrogen-bond donors (Lipinski definition) is 2. The Hall–Kier alpha value is -2.25. The standard InChI is InChI=1S/C19H23FN2O3S/c1-3-14(2)21-19(23)17(13-15-9-5-4-6-10-15)22-26(24,25)18-12-8-7-11-16(18)20/h4-12,14,17,22H,3,13H2,1-2H3,(H,21,23). The van der Waals surface area contributed by atoms with Crippen LogP contribution in [0.5, 0.6) is 0 Å². The maximum atomic E-state index is 13.9. The van der Waals surface area contributed by atoms with Crippen LogP contribution in [0.25, 0.3) is 0 Å². The van der Waals surface area contributed by atoms with Crippen LogP contribution in [0, 0.1) is 5.82 Å². The first kappa shape index (κ1) is 20.1. The number of carbonyl (C=O) groups is 1. The number of halogens is 1. The van der Waals surface area contributed by atoms with Crippen molar-refractivity contribution >= 4 is 15.9 Å². The number of rotatable bonds is 8. The summed E-state index contributed by atoms with van der Waals surface area (Å²) < 4.78 is 41.4. The smallest absolute Gasteiger partial charge is 0.244 e. The fourth-order valence-corrected chi connectivity index (χ4v) is 3.67. The minimum atomic E-state index is -4.18. The monoisotopic (exact) mass is 378 g/mol. The molecular weight excluding hydrogens is 355 g/mol. The maximum Gasteiger partial charge on any atom is 0.244 e. The number of sulfonamides is 1. The van der Waals surface area contributed by atoms with Crippen molar-refractivity contribution in [1.82, 2.24) is 10.0 Å². The van der Waals surface area contributed by atoms with Gasteiger partial charge in [-0.3, -0.25) is 4.79 Å². The van der Waals surface area contributed by atoms with Gasteiger partial charge in [0.2, 0.25) is 15.9 Å². The topological polar surface area (TPSA) is 75.3 Å². The van der Waals surface area contributed by atoms with Gasteiger partial charge in [0.1, 0.15) is 16.8 Å². The number of hydrogen-bond acceptors (Lipinski definition) is 3. The molecule has 0 bridgehead atoms. The summed E-state index contributed by atoms with van der Waals surface area (Å²) >= 11 is 0. The molecule has 0 spiro atoms. The Morgan fingerprint density at radius 2 is 1.69 bits per heavy atom. The number of benzene rings is 2. The molecule has 0 aromatic heterocycles. The van der Waals surface area contributed by atoms with Crippen molar-refractivity contribution in [1.29, 1.82) is 0 Å². The molecule has 26 heavy (non-hydrogen) atoms. The Morgan fingerprint density at radius 3 is 2.31 bits per heavy atom. The second-order valence-corrected chi connectivity index (χ2v) is 7.79. The van der Waals surface area contributed by atoms with Crippen LogP contribution in [0.4, 0.5) is 4.39 Å². The van der Waals surface area contributed by atoms with E-state index in [1.807, 2.05) is 32.0 Å². The molecule has 0 aliphatic carbocycles. The summed E-state index contributed by atoms with van der Waals surface area (Å²) in [4.78, 5) is 12.1. The fraction of sp³-hybridized carbons (Fsp3) is 0.316. The lowest BCUT2D eigenvalue weighted by molar-refractivity contribution is -0.123. The zero-order valence-electron chi connectivity index (χ0n) is 14.8. The molecule has 0 saturated carbocycles. The summed E-state index contributed by atoms with van der Waals surface area (Å²) in [5, 5.41) is 2.78. The van der Waals surface area contributed by atoms with E-state index in [9.17, 15) is 17.6 Å². The van der Waals surface area contributed by atoms with Gasteiger partial charge in [0.25, 0.3) is 0 Å². The molecule has 0 radical (unpaired) electrons. The van der Waals surface area contributed by atoms with Gasteiger partial charge in [-0.15, -0.1) is 0 Å². The van der Waals surface area contributed by atoms with Crippen molar-refractivity contribution in [3.8, 4) is 0 Å². The minimum Gasteiger partial charge on any atom is -0.352 e. The minimum absolute atomic E-state index is 0.0984. The van der Waals surface area contributed by atoms with Crippen molar-refractivity contribution in [3.63, 3.8) is 0 Å². The van der Waals surface area contributed by atoms with Crippen LogP contribution >= 0.6 is 0 Å². The van der Waals surface area contributed by atoms with Crippen LogP contribution < -0.4 is 10.0 Å². The molecular formula is C19H23FN2O3S. The highest BCUT2D eigenvalue weighted by molar-refractivity contribution is 7.89. The zero-order chi connectivity index (χ0) is 19.2. The summed E-state index contributed by atoms with van der Waals surface area (Å²) in [6.45, 7) is 3.75. The van der Waals surface area contributed by atoms with Gasteiger partial charge in [0.15, 0.2) is 0 Å². The quantitative estimate of drug-likeness (QED) is 0.741. The van der Waals surface area contributed by atoms with Crippen LogP contribution in [0.3, 0.4) is 0 Å². The van der Waals surface area contributed by atoms with Crippen molar-refractivity contribution in [2.75, 3.05) is 0 Å². The largest absolute Gasteiger partial charge is 0.352 e. The van der Waals surface area contributed by atoms with Gasteiger partial charge in [0, 0.05) is 6.04 Å². The second-order valence-electron chi connectivity index (χ2n) is 6.11. The van der Waals surface area contributed by atoms with Crippen LogP contribution in [0.15, 0.2) is 59.5 Å². The van der Waals surface area contributed by atoms with Gasteiger partial charge in [-0.05, 0) is 37.5 Å². The van der Waals surface area contributed by atoms with Gasteiger partial charge in [0.05, 0.1) is 0 Å². The van der Waals surface area contributed by atoms with Crippen molar-refractivity contribution in [2.24, 2.45) is 0 Å². The molecule has 0 fully saturated rings. The van der Waals surface area contributed by atoms with Gasteiger partial charge < -0.3 is 5.32 Å². The molecule has 0 heterocycles. The molecule has 2 atom stereocenters. The predicted molar refractivity (Wildman–Crippen MR) is 98.6 cm³/mol. The Bertz CT molecular complexity index is 841. The third kappa shape index (κ3) is 5.37. The number of carbonyl (C=O) groups excluding carboxylic acids is 1. The van der Waals surface area contributed by atoms with E-state index in [1.54, 1.807) is 12.1 Å². The molecule has 140 valence electrons. The Morgan fingerprint density at radius 1 is 1.08 bits per heavy atom. The van der Waals surface area contributed by atoms with E-state index < -0.39 is 32.7 Å². The summed E-state index contributed by atoms with van der Waals surface area (Å²) in [6, 6.07) is 13.0. The third-order valence-corrected chi connectivity index (χ3v) is 5.53. The highest BCUT2D eigenvalue weighted by atomic mass is 32.2. The first-order valence-corrected chi connectivity index (χ1v) is 9.93. The molecule has 2 N–H and O–H groups in total. The Balaban J connectivity index is 2.28. The van der Waals surface area contributed by atoms with Gasteiger partial charge in [-0.1, -0.05) is 49.4 Å². The average molecular weight is 378 g/mol. The molecule has 0 aliphatic rings.